The average molecular weight is 163 g/mol. The predicted octanol–water partition coefficient (Wildman–Crippen LogP) is 2.03. The fourth-order valence-corrected chi connectivity index (χ4v) is 1.99. The Balaban J connectivity index is 2.32. The summed E-state index contributed by atoms with van der Waals surface area (Å²) in [6, 6.07) is 3.86. The summed E-state index contributed by atoms with van der Waals surface area (Å²) in [7, 11) is 0. The largest absolute Gasteiger partial charge is 0.329 e. The molecule has 1 heterocycles. The molecule has 0 radical (unpaired) electrons. The zero-order valence-electron chi connectivity index (χ0n) is 7.05. The topological polar surface area (TPSA) is 32.9 Å². The minimum absolute atomic E-state index is 0.101. The first-order chi connectivity index (χ1) is 5.88. The van der Waals surface area contributed by atoms with Crippen molar-refractivity contribution in [3.8, 4) is 0 Å². The van der Waals surface area contributed by atoms with E-state index in [4.69, 9.17) is 0 Å². The number of aromatic amines is 1. The lowest BCUT2D eigenvalue weighted by molar-refractivity contribution is 0.711. The molecule has 1 aromatic heterocycles. The van der Waals surface area contributed by atoms with Crippen LogP contribution in [0.3, 0.4) is 0 Å². The van der Waals surface area contributed by atoms with Gasteiger partial charge in [-0.15, -0.1) is 0 Å². The van der Waals surface area contributed by atoms with Crippen molar-refractivity contribution in [3.05, 3.63) is 34.2 Å². The molecule has 1 fully saturated rings. The van der Waals surface area contributed by atoms with Gasteiger partial charge in [-0.3, -0.25) is 4.79 Å². The molecule has 1 aliphatic carbocycles. The molecule has 0 unspecified atom stereocenters. The zero-order chi connectivity index (χ0) is 8.39. The summed E-state index contributed by atoms with van der Waals surface area (Å²) >= 11 is 0. The maximum absolute atomic E-state index is 11.4. The Hall–Kier alpha value is -1.05. The lowest BCUT2D eigenvalue weighted by Crippen LogP contribution is -2.13. The van der Waals surface area contributed by atoms with Gasteiger partial charge in [-0.2, -0.15) is 0 Å². The van der Waals surface area contributed by atoms with Crippen molar-refractivity contribution in [2.45, 2.75) is 31.6 Å². The van der Waals surface area contributed by atoms with Gasteiger partial charge in [-0.25, -0.2) is 0 Å². The van der Waals surface area contributed by atoms with Gasteiger partial charge in [0.25, 0.3) is 5.56 Å². The van der Waals surface area contributed by atoms with Gasteiger partial charge in [0.15, 0.2) is 0 Å². The Morgan fingerprint density at radius 3 is 2.75 bits per heavy atom. The lowest BCUT2D eigenvalue weighted by atomic mass is 10.00. The van der Waals surface area contributed by atoms with Crippen LogP contribution in [0.5, 0.6) is 0 Å². The highest BCUT2D eigenvalue weighted by Crippen LogP contribution is 2.31. The van der Waals surface area contributed by atoms with Crippen molar-refractivity contribution >= 4 is 0 Å². The third kappa shape index (κ3) is 1.29. The number of hydrogen-bond acceptors (Lipinski definition) is 1. The first kappa shape index (κ1) is 7.59. The van der Waals surface area contributed by atoms with E-state index in [2.05, 4.69) is 4.98 Å². The van der Waals surface area contributed by atoms with Crippen molar-refractivity contribution in [2.24, 2.45) is 0 Å². The average Bonchev–Trinajstić information content (AvgIpc) is 2.57. The molecule has 2 rings (SSSR count). The number of pyridine rings is 1. The second-order valence-corrected chi connectivity index (χ2v) is 3.44. The summed E-state index contributed by atoms with van der Waals surface area (Å²) in [6.45, 7) is 0. The van der Waals surface area contributed by atoms with Crippen LogP contribution in [0.1, 0.15) is 37.2 Å². The van der Waals surface area contributed by atoms with Crippen molar-refractivity contribution in [3.63, 3.8) is 0 Å². The van der Waals surface area contributed by atoms with E-state index >= 15 is 0 Å². The van der Waals surface area contributed by atoms with Crippen LogP contribution in [-0.2, 0) is 0 Å². The maximum atomic E-state index is 11.4. The molecule has 2 heteroatoms. The van der Waals surface area contributed by atoms with Gasteiger partial charge in [0.1, 0.15) is 0 Å². The van der Waals surface area contributed by atoms with Crippen LogP contribution >= 0.6 is 0 Å². The van der Waals surface area contributed by atoms with E-state index in [1.54, 1.807) is 6.20 Å². The first-order valence-corrected chi connectivity index (χ1v) is 4.55. The van der Waals surface area contributed by atoms with Crippen LogP contribution in [0.4, 0.5) is 0 Å². The molecule has 0 amide bonds. The number of H-pyrrole nitrogens is 1. The molecule has 12 heavy (non-hydrogen) atoms. The van der Waals surface area contributed by atoms with E-state index in [1.807, 2.05) is 12.1 Å². The van der Waals surface area contributed by atoms with Crippen LogP contribution in [-0.4, -0.2) is 4.98 Å². The minimum atomic E-state index is 0.101. The predicted molar refractivity (Wildman–Crippen MR) is 48.3 cm³/mol. The molecule has 1 N–H and O–H groups in total. The van der Waals surface area contributed by atoms with E-state index in [0.717, 1.165) is 5.56 Å². The zero-order valence-corrected chi connectivity index (χ0v) is 7.05. The molecule has 0 saturated heterocycles. The van der Waals surface area contributed by atoms with E-state index in [1.165, 1.54) is 25.7 Å². The van der Waals surface area contributed by atoms with Crippen LogP contribution in [0.2, 0.25) is 0 Å². The van der Waals surface area contributed by atoms with Gasteiger partial charge in [-0.05, 0) is 24.8 Å². The summed E-state index contributed by atoms with van der Waals surface area (Å²) in [4.78, 5) is 14.1. The van der Waals surface area contributed by atoms with E-state index in [-0.39, 0.29) is 5.56 Å². The molecule has 0 aromatic carbocycles. The van der Waals surface area contributed by atoms with Gasteiger partial charge in [0.2, 0.25) is 0 Å². The van der Waals surface area contributed by atoms with Crippen LogP contribution in [0.25, 0.3) is 0 Å². The van der Waals surface area contributed by atoms with Crippen molar-refractivity contribution < 1.29 is 0 Å². The molecular weight excluding hydrogens is 150 g/mol. The highest BCUT2D eigenvalue weighted by molar-refractivity contribution is 5.15. The van der Waals surface area contributed by atoms with Gasteiger partial charge >= 0.3 is 0 Å². The summed E-state index contributed by atoms with van der Waals surface area (Å²) in [5.74, 6) is 0.523. The minimum Gasteiger partial charge on any atom is -0.329 e. The molecule has 0 aliphatic heterocycles. The maximum Gasteiger partial charge on any atom is 0.251 e. The van der Waals surface area contributed by atoms with Crippen LogP contribution < -0.4 is 5.56 Å². The second-order valence-electron chi connectivity index (χ2n) is 3.44. The summed E-state index contributed by atoms with van der Waals surface area (Å²) < 4.78 is 0. The van der Waals surface area contributed by atoms with Crippen molar-refractivity contribution in [2.75, 3.05) is 0 Å². The van der Waals surface area contributed by atoms with Crippen molar-refractivity contribution in [1.29, 1.82) is 0 Å². The lowest BCUT2D eigenvalue weighted by Gasteiger charge is -2.06. The monoisotopic (exact) mass is 163 g/mol. The third-order valence-corrected chi connectivity index (χ3v) is 2.64. The quantitative estimate of drug-likeness (QED) is 0.675. The molecule has 0 spiro atoms. The molecule has 1 aliphatic rings. The SMILES string of the molecule is O=c1[nH]cccc1C1CCCC1. The molecule has 64 valence electrons. The Bertz CT molecular complexity index is 310. The molecule has 1 saturated carbocycles. The highest BCUT2D eigenvalue weighted by Gasteiger charge is 2.18. The standard InChI is InChI=1S/C10H13NO/c12-10-9(6-3-7-11-10)8-4-1-2-5-8/h3,6-8H,1-2,4-5H2,(H,11,12). The van der Waals surface area contributed by atoms with Crippen molar-refractivity contribution in [1.82, 2.24) is 4.98 Å². The van der Waals surface area contributed by atoms with Crippen LogP contribution in [0.15, 0.2) is 23.1 Å². The fraction of sp³-hybridized carbons (Fsp3) is 0.500. The smallest absolute Gasteiger partial charge is 0.251 e. The molecule has 1 aromatic rings. The van der Waals surface area contributed by atoms with Gasteiger partial charge in [-0.1, -0.05) is 18.9 Å². The van der Waals surface area contributed by atoms with E-state index in [9.17, 15) is 4.79 Å². The molecule has 2 nitrogen and oxygen atoms in total. The number of hydrogen-bond donors (Lipinski definition) is 1. The highest BCUT2D eigenvalue weighted by atomic mass is 16.1. The summed E-state index contributed by atoms with van der Waals surface area (Å²) in [6.07, 6.45) is 6.62. The van der Waals surface area contributed by atoms with Gasteiger partial charge < -0.3 is 4.98 Å². The van der Waals surface area contributed by atoms with Gasteiger partial charge in [0, 0.05) is 11.8 Å². The van der Waals surface area contributed by atoms with Crippen LogP contribution in [0, 0.1) is 0 Å². The van der Waals surface area contributed by atoms with Gasteiger partial charge in [0.05, 0.1) is 0 Å². The summed E-state index contributed by atoms with van der Waals surface area (Å²) in [5, 5.41) is 0. The first-order valence-electron chi connectivity index (χ1n) is 4.55. The fourth-order valence-electron chi connectivity index (χ4n) is 1.99. The number of aromatic nitrogens is 1. The second kappa shape index (κ2) is 3.13. The Morgan fingerprint density at radius 2 is 2.08 bits per heavy atom. The normalized spacial score (nSPS) is 18.3. The summed E-state index contributed by atoms with van der Waals surface area (Å²) in [5.41, 5.74) is 1.08. The Labute approximate surface area is 71.6 Å². The number of nitrogens with one attached hydrogen (secondary N) is 1. The Kier molecular flexibility index (Phi) is 1.98. The number of rotatable bonds is 1. The van der Waals surface area contributed by atoms with E-state index in [0.29, 0.717) is 5.92 Å². The third-order valence-electron chi connectivity index (χ3n) is 2.64. The molecule has 0 atom stereocenters. The Morgan fingerprint density at radius 1 is 1.33 bits per heavy atom. The van der Waals surface area contributed by atoms with E-state index < -0.39 is 0 Å². The molecular formula is C10H13NO. The molecule has 0 bridgehead atoms.